The molecule has 1 saturated carbocycles. The van der Waals surface area contributed by atoms with E-state index < -0.39 is 0 Å². The van der Waals surface area contributed by atoms with E-state index in [0.29, 0.717) is 11.5 Å². The summed E-state index contributed by atoms with van der Waals surface area (Å²) in [6.07, 6.45) is 8.04. The van der Waals surface area contributed by atoms with Crippen LogP contribution in [0.25, 0.3) is 0 Å². The van der Waals surface area contributed by atoms with E-state index in [2.05, 4.69) is 22.9 Å². The van der Waals surface area contributed by atoms with E-state index in [-0.39, 0.29) is 0 Å². The van der Waals surface area contributed by atoms with E-state index in [1.165, 1.54) is 25.7 Å². The summed E-state index contributed by atoms with van der Waals surface area (Å²) in [7, 11) is 0. The molecule has 2 rings (SSSR count). The van der Waals surface area contributed by atoms with Crippen LogP contribution >= 0.6 is 15.9 Å². The van der Waals surface area contributed by atoms with Gasteiger partial charge in [-0.3, -0.25) is 0 Å². The number of alkyl halides is 1. The lowest BCUT2D eigenvalue weighted by Gasteiger charge is -2.37. The zero-order valence-corrected chi connectivity index (χ0v) is 12.5. The molecule has 1 aliphatic carbocycles. The molecule has 0 aromatic heterocycles. The Morgan fingerprint density at radius 2 is 2.06 bits per heavy atom. The summed E-state index contributed by atoms with van der Waals surface area (Å²) in [4.78, 5) is 0. The molecule has 3 heteroatoms. The molecule has 17 heavy (non-hydrogen) atoms. The van der Waals surface area contributed by atoms with E-state index in [0.717, 1.165) is 43.9 Å². The Balaban J connectivity index is 1.78. The van der Waals surface area contributed by atoms with Gasteiger partial charge in [0.25, 0.3) is 0 Å². The van der Waals surface area contributed by atoms with E-state index >= 15 is 0 Å². The molecule has 100 valence electrons. The predicted molar refractivity (Wildman–Crippen MR) is 73.7 cm³/mol. The Morgan fingerprint density at radius 1 is 1.29 bits per heavy atom. The van der Waals surface area contributed by atoms with Gasteiger partial charge in [0.15, 0.2) is 0 Å². The molecule has 2 fully saturated rings. The second-order valence-corrected chi connectivity index (χ2v) is 6.51. The summed E-state index contributed by atoms with van der Waals surface area (Å²) in [6, 6.07) is 0. The molecule has 0 bridgehead atoms. The molecule has 2 aliphatic rings. The molecule has 0 N–H and O–H groups in total. The van der Waals surface area contributed by atoms with Crippen LogP contribution < -0.4 is 0 Å². The maximum atomic E-state index is 6.20. The summed E-state index contributed by atoms with van der Waals surface area (Å²) in [6.45, 7) is 5.06. The van der Waals surface area contributed by atoms with Crippen molar-refractivity contribution < 1.29 is 9.47 Å². The van der Waals surface area contributed by atoms with Gasteiger partial charge in [-0.1, -0.05) is 35.7 Å². The lowest BCUT2D eigenvalue weighted by atomic mass is 9.83. The van der Waals surface area contributed by atoms with Crippen molar-refractivity contribution >= 4 is 15.9 Å². The highest BCUT2D eigenvalue weighted by Crippen LogP contribution is 2.34. The Kier molecular flexibility index (Phi) is 5.31. The first kappa shape index (κ1) is 13.8. The lowest BCUT2D eigenvalue weighted by Crippen LogP contribution is -2.37. The molecule has 0 amide bonds. The largest absolute Gasteiger partial charge is 0.381 e. The average molecular weight is 305 g/mol. The number of ether oxygens (including phenoxy) is 2. The molecular formula is C14H25BrO2. The average Bonchev–Trinajstić information content (AvgIpc) is 2.38. The van der Waals surface area contributed by atoms with E-state index in [1.807, 2.05) is 0 Å². The summed E-state index contributed by atoms with van der Waals surface area (Å²) in [5.74, 6) is 0.850. The van der Waals surface area contributed by atoms with E-state index in [4.69, 9.17) is 9.47 Å². The first-order valence-corrected chi connectivity index (χ1v) is 8.12. The highest BCUT2D eigenvalue weighted by atomic mass is 79.9. The maximum absolute atomic E-state index is 6.20. The minimum atomic E-state index is 0.332. The van der Waals surface area contributed by atoms with Crippen molar-refractivity contribution in [1.29, 1.82) is 0 Å². The predicted octanol–water partition coefficient (Wildman–Crippen LogP) is 3.77. The summed E-state index contributed by atoms with van der Waals surface area (Å²) in [5, 5.41) is 1.05. The van der Waals surface area contributed by atoms with Gasteiger partial charge in [0, 0.05) is 24.0 Å². The molecule has 0 aromatic carbocycles. The highest BCUT2D eigenvalue weighted by molar-refractivity contribution is 9.09. The fraction of sp³-hybridized carbons (Fsp3) is 1.00. The van der Waals surface area contributed by atoms with Crippen molar-refractivity contribution in [1.82, 2.24) is 0 Å². The monoisotopic (exact) mass is 304 g/mol. The molecular weight excluding hydrogens is 280 g/mol. The smallest absolute Gasteiger partial charge is 0.0578 e. The zero-order valence-electron chi connectivity index (χ0n) is 10.9. The van der Waals surface area contributed by atoms with E-state index in [1.54, 1.807) is 0 Å². The first-order valence-electron chi connectivity index (χ1n) is 6.99. The standard InChI is InChI=1S/C14H25BrO2/c1-12-3-2-4-13(9-12)17-11-14(10-15)5-7-16-8-6-14/h12-13H,2-11H2,1H3. The summed E-state index contributed by atoms with van der Waals surface area (Å²) < 4.78 is 11.7. The Labute approximate surface area is 114 Å². The van der Waals surface area contributed by atoms with Gasteiger partial charge in [-0.15, -0.1) is 0 Å². The number of hydrogen-bond donors (Lipinski definition) is 0. The molecule has 1 heterocycles. The summed E-state index contributed by atoms with van der Waals surface area (Å²) in [5.41, 5.74) is 0.332. The maximum Gasteiger partial charge on any atom is 0.0578 e. The van der Waals surface area contributed by atoms with Crippen LogP contribution in [0.15, 0.2) is 0 Å². The van der Waals surface area contributed by atoms with Crippen molar-refractivity contribution in [2.45, 2.75) is 51.6 Å². The number of halogens is 1. The van der Waals surface area contributed by atoms with Gasteiger partial charge in [0.2, 0.25) is 0 Å². The van der Waals surface area contributed by atoms with Crippen molar-refractivity contribution in [3.05, 3.63) is 0 Å². The minimum Gasteiger partial charge on any atom is -0.381 e. The van der Waals surface area contributed by atoms with Gasteiger partial charge in [-0.2, -0.15) is 0 Å². The minimum absolute atomic E-state index is 0.332. The van der Waals surface area contributed by atoms with Gasteiger partial charge < -0.3 is 9.47 Å². The van der Waals surface area contributed by atoms with Gasteiger partial charge in [0.1, 0.15) is 0 Å². The normalized spacial score (nSPS) is 33.5. The van der Waals surface area contributed by atoms with E-state index in [9.17, 15) is 0 Å². The molecule has 2 nitrogen and oxygen atoms in total. The van der Waals surface area contributed by atoms with Crippen molar-refractivity contribution in [3.63, 3.8) is 0 Å². The molecule has 1 saturated heterocycles. The van der Waals surface area contributed by atoms with Crippen LogP contribution in [0.1, 0.15) is 45.4 Å². The number of rotatable bonds is 4. The second kappa shape index (κ2) is 6.53. The Morgan fingerprint density at radius 3 is 2.71 bits per heavy atom. The van der Waals surface area contributed by atoms with Gasteiger partial charge in [0.05, 0.1) is 12.7 Å². The fourth-order valence-corrected chi connectivity index (χ4v) is 3.67. The van der Waals surface area contributed by atoms with Crippen LogP contribution in [0.3, 0.4) is 0 Å². The lowest BCUT2D eigenvalue weighted by molar-refractivity contribution is -0.0647. The van der Waals surface area contributed by atoms with Crippen molar-refractivity contribution in [2.75, 3.05) is 25.2 Å². The van der Waals surface area contributed by atoms with Crippen LogP contribution in [-0.2, 0) is 9.47 Å². The van der Waals surface area contributed by atoms with Gasteiger partial charge in [-0.05, 0) is 31.6 Å². The second-order valence-electron chi connectivity index (χ2n) is 5.95. The van der Waals surface area contributed by atoms with Crippen LogP contribution in [0.5, 0.6) is 0 Å². The summed E-state index contributed by atoms with van der Waals surface area (Å²) >= 11 is 3.67. The van der Waals surface area contributed by atoms with Crippen LogP contribution in [0.2, 0.25) is 0 Å². The number of hydrogen-bond acceptors (Lipinski definition) is 2. The Bertz CT molecular complexity index is 226. The highest BCUT2D eigenvalue weighted by Gasteiger charge is 2.33. The third-order valence-corrected chi connectivity index (χ3v) is 5.54. The molecule has 2 atom stereocenters. The molecule has 2 unspecified atom stereocenters. The first-order chi connectivity index (χ1) is 8.24. The third kappa shape index (κ3) is 3.93. The van der Waals surface area contributed by atoms with Crippen LogP contribution in [-0.4, -0.2) is 31.3 Å². The molecule has 0 radical (unpaired) electrons. The van der Waals surface area contributed by atoms with Crippen molar-refractivity contribution in [2.24, 2.45) is 11.3 Å². The molecule has 1 aliphatic heterocycles. The molecule has 0 spiro atoms. The van der Waals surface area contributed by atoms with Gasteiger partial charge >= 0.3 is 0 Å². The topological polar surface area (TPSA) is 18.5 Å². The Hall–Kier alpha value is 0.400. The van der Waals surface area contributed by atoms with Crippen molar-refractivity contribution in [3.8, 4) is 0 Å². The zero-order chi connectivity index (χ0) is 12.1. The SMILES string of the molecule is CC1CCCC(OCC2(CBr)CCOCC2)C1. The third-order valence-electron chi connectivity index (χ3n) is 4.35. The van der Waals surface area contributed by atoms with Crippen LogP contribution in [0.4, 0.5) is 0 Å². The van der Waals surface area contributed by atoms with Crippen LogP contribution in [0, 0.1) is 11.3 Å². The molecule has 0 aromatic rings. The fourth-order valence-electron chi connectivity index (χ4n) is 2.95. The van der Waals surface area contributed by atoms with Gasteiger partial charge in [-0.25, -0.2) is 0 Å². The quantitative estimate of drug-likeness (QED) is 0.736.